The Labute approximate surface area is 746 Å². The van der Waals surface area contributed by atoms with Gasteiger partial charge in [-0.05, 0) is 323 Å². The predicted octanol–water partition coefficient (Wildman–Crippen LogP) is 32.2. The van der Waals surface area contributed by atoms with Crippen molar-refractivity contribution >= 4 is 208 Å². The number of allylic oxidation sites excluding steroid dienone is 7. The summed E-state index contributed by atoms with van der Waals surface area (Å²) < 4.78 is 7.77. The smallest absolute Gasteiger partial charge is 0.228 e. The fourth-order valence-electron chi connectivity index (χ4n) is 22.2. The molecule has 0 unspecified atom stereocenters. The molecule has 1 aliphatic heterocycles. The Kier molecular flexibility index (Phi) is 15.6. The van der Waals surface area contributed by atoms with E-state index in [9.17, 15) is 0 Å². The summed E-state index contributed by atoms with van der Waals surface area (Å²) in [5.74, 6) is 0.668. The van der Waals surface area contributed by atoms with Crippen molar-refractivity contribution in [3.05, 3.63) is 518 Å². The zero-order valence-electron chi connectivity index (χ0n) is 69.7. The second-order valence-corrected chi connectivity index (χ2v) is 35.9. The van der Waals surface area contributed by atoms with Crippen molar-refractivity contribution in [2.24, 2.45) is 4.99 Å². The van der Waals surface area contributed by atoms with Crippen LogP contribution < -0.4 is 0 Å². The highest BCUT2D eigenvalue weighted by molar-refractivity contribution is 7.19. The summed E-state index contributed by atoms with van der Waals surface area (Å²) in [7, 11) is 0. The maximum absolute atomic E-state index is 6.55. The number of hydrogen-bond acceptors (Lipinski definition) is 5. The second kappa shape index (κ2) is 28.0. The zero-order valence-corrected chi connectivity index (χ0v) is 70.5. The first-order valence-corrected chi connectivity index (χ1v) is 45.3. The monoisotopic (exact) mass is 1650 g/mol. The Hall–Kier alpha value is -16.6. The van der Waals surface area contributed by atoms with E-state index in [2.05, 4.69) is 394 Å². The average Bonchev–Trinajstić information content (AvgIpc) is 1.54. The third kappa shape index (κ3) is 10.9. The maximum atomic E-state index is 6.55. The molecule has 0 spiro atoms. The number of para-hydroxylation sites is 4. The number of hydrogen-bond donors (Lipinski definition) is 0. The van der Waals surface area contributed by atoms with Crippen LogP contribution in [0.1, 0.15) is 99.9 Å². The van der Waals surface area contributed by atoms with Crippen LogP contribution in [0.15, 0.2) is 428 Å². The summed E-state index contributed by atoms with van der Waals surface area (Å²) in [6.45, 7) is 0. The molecule has 0 radical (unpaired) electrons. The molecule has 2 aromatic heterocycles. The Morgan fingerprint density at radius 3 is 0.860 bits per heavy atom. The lowest BCUT2D eigenvalue weighted by atomic mass is 9.88. The lowest BCUT2D eigenvalue weighted by Gasteiger charge is -2.15. The zero-order chi connectivity index (χ0) is 84.2. The quantitative estimate of drug-likeness (QED) is 0.167. The van der Waals surface area contributed by atoms with Crippen LogP contribution >= 0.6 is 11.3 Å². The van der Waals surface area contributed by atoms with Crippen LogP contribution in [0.3, 0.4) is 0 Å². The van der Waals surface area contributed by atoms with Crippen LogP contribution in [0.4, 0.5) is 5.69 Å². The largest absolute Gasteiger partial charge is 0.436 e. The van der Waals surface area contributed by atoms with Crippen molar-refractivity contribution < 1.29 is 4.42 Å². The molecule has 129 heavy (non-hydrogen) atoms. The molecule has 3 heterocycles. The van der Waals surface area contributed by atoms with Gasteiger partial charge in [0.15, 0.2) is 5.58 Å². The van der Waals surface area contributed by atoms with Gasteiger partial charge in [0.05, 0.1) is 27.2 Å². The average molecular weight is 1650 g/mol. The van der Waals surface area contributed by atoms with Gasteiger partial charge < -0.3 is 4.42 Å². The molecule has 0 saturated heterocycles. The van der Waals surface area contributed by atoms with Crippen molar-refractivity contribution in [3.63, 3.8) is 0 Å². The van der Waals surface area contributed by atoms with E-state index in [1.165, 1.54) is 258 Å². The van der Waals surface area contributed by atoms with Gasteiger partial charge in [-0.15, -0.1) is 11.3 Å². The molecule has 0 amide bonds. The molecule has 4 nitrogen and oxygen atoms in total. The van der Waals surface area contributed by atoms with Gasteiger partial charge in [0.25, 0.3) is 0 Å². The van der Waals surface area contributed by atoms with Crippen LogP contribution in [-0.2, 0) is 6.42 Å². The van der Waals surface area contributed by atoms with Crippen LogP contribution in [0, 0.1) is 0 Å². The van der Waals surface area contributed by atoms with E-state index in [-0.39, 0.29) is 0 Å². The summed E-state index contributed by atoms with van der Waals surface area (Å²) in [6, 6.07) is 153. The van der Waals surface area contributed by atoms with E-state index in [0.717, 1.165) is 39.3 Å². The normalized spacial score (nSPS) is 14.2. The molecule has 30 rings (SSSR count). The van der Waals surface area contributed by atoms with Crippen molar-refractivity contribution in [2.75, 3.05) is 0 Å². The summed E-state index contributed by atoms with van der Waals surface area (Å²) in [5.41, 5.74) is 40.7. The molecule has 6 aliphatic carbocycles. The molecule has 594 valence electrons. The van der Waals surface area contributed by atoms with Gasteiger partial charge in [-0.2, -0.15) is 0 Å². The van der Waals surface area contributed by atoms with E-state index < -0.39 is 0 Å². The van der Waals surface area contributed by atoms with Gasteiger partial charge in [-0.1, -0.05) is 315 Å². The van der Waals surface area contributed by atoms with Gasteiger partial charge in [-0.25, -0.2) is 9.97 Å². The molecular formula is C124H71N3OS. The third-order valence-corrected chi connectivity index (χ3v) is 28.9. The number of aliphatic imine (C=N–C) groups is 1. The van der Waals surface area contributed by atoms with Crippen LogP contribution in [-0.4, -0.2) is 15.7 Å². The van der Waals surface area contributed by atoms with E-state index in [1.54, 1.807) is 11.3 Å². The molecule has 7 aliphatic rings. The SMILES string of the molecule is c1ccc2c(c1)CC(C1=C3C(=C(c4cccc5ccccc45)c4cc5ccccc5cc43)c3cc4ccccc4cc31)=N2.c1ccc2cc3c(cc2c1)C1=C(c2cccc4ccccc24)c2cc4ccccc4cc2C1=C3c1nc2ccccc2o1.c1ccc2cc3c(cc2c1)C1=C(c2cccc4ccccc24)c2cc4ccccc4cc2C1=C3c1nc2ccccc2s1. The van der Waals surface area contributed by atoms with Crippen LogP contribution in [0.5, 0.6) is 0 Å². The first-order valence-electron chi connectivity index (χ1n) is 44.5. The highest BCUT2D eigenvalue weighted by Crippen LogP contribution is 2.65. The molecular weight excluding hydrogens is 1580 g/mol. The number of benzene rings is 21. The molecule has 21 aromatic carbocycles. The van der Waals surface area contributed by atoms with Crippen molar-refractivity contribution in [2.45, 2.75) is 6.42 Å². The minimum Gasteiger partial charge on any atom is -0.436 e. The second-order valence-electron chi connectivity index (χ2n) is 34.9. The van der Waals surface area contributed by atoms with Gasteiger partial charge in [0, 0.05) is 34.3 Å². The van der Waals surface area contributed by atoms with E-state index in [4.69, 9.17) is 19.4 Å². The number of aromatic nitrogens is 2. The number of fused-ring (bicyclic) bond motifs is 27. The van der Waals surface area contributed by atoms with Crippen LogP contribution in [0.2, 0.25) is 0 Å². The summed E-state index contributed by atoms with van der Waals surface area (Å²) in [6.07, 6.45) is 0.848. The molecule has 5 heteroatoms. The van der Waals surface area contributed by atoms with E-state index in [0.29, 0.717) is 5.89 Å². The first kappa shape index (κ1) is 71.8. The molecule has 0 fully saturated rings. The number of nitrogens with zero attached hydrogens (tertiary/aromatic N) is 3. The predicted molar refractivity (Wildman–Crippen MR) is 543 cm³/mol. The number of oxazole rings is 1. The van der Waals surface area contributed by atoms with E-state index in [1.807, 2.05) is 24.3 Å². The fraction of sp³-hybridized carbons (Fsp3) is 0.00806. The highest BCUT2D eigenvalue weighted by atomic mass is 32.1. The lowest BCUT2D eigenvalue weighted by molar-refractivity contribution is 0.585. The highest BCUT2D eigenvalue weighted by Gasteiger charge is 2.44. The summed E-state index contributed by atoms with van der Waals surface area (Å²) in [4.78, 5) is 15.6. The molecule has 0 bridgehead atoms. The van der Waals surface area contributed by atoms with Crippen molar-refractivity contribution in [3.8, 4) is 0 Å². The van der Waals surface area contributed by atoms with Gasteiger partial charge in [-0.3, -0.25) is 4.99 Å². The Bertz CT molecular complexity index is 8840. The van der Waals surface area contributed by atoms with Gasteiger partial charge in [0.2, 0.25) is 5.89 Å². The molecule has 0 saturated carbocycles. The minimum absolute atomic E-state index is 0.668. The number of thiazole rings is 1. The van der Waals surface area contributed by atoms with Gasteiger partial charge >= 0.3 is 0 Å². The minimum atomic E-state index is 0.668. The molecule has 0 N–H and O–H groups in total. The lowest BCUT2D eigenvalue weighted by Crippen LogP contribution is -2.03. The maximum Gasteiger partial charge on any atom is 0.228 e. The Morgan fingerprint density at radius 2 is 0.481 bits per heavy atom. The van der Waals surface area contributed by atoms with Gasteiger partial charge in [0.1, 0.15) is 10.5 Å². The fourth-order valence-corrected chi connectivity index (χ4v) is 23.3. The molecule has 0 atom stereocenters. The summed E-state index contributed by atoms with van der Waals surface area (Å²) in [5, 5.41) is 23.7. The Balaban J connectivity index is 0.0000000976. The number of rotatable bonds is 6. The topological polar surface area (TPSA) is 51.3 Å². The molecule has 23 aromatic rings. The third-order valence-electron chi connectivity index (χ3n) is 27.9. The van der Waals surface area contributed by atoms with Crippen LogP contribution in [0.25, 0.3) is 185 Å². The standard InChI is InChI=1S/C42H25N.C41H23NO.C41H23NS/c1-3-13-28-22-35-33(20-26(28)11-1)39(32-18-9-16-25-10-5-7-17-31(25)32)41-36-23-29-14-4-2-12-27(29)21-34(36)40(42(35)41)38-24-30-15-6-8-19-37(30)43-38;2*1-2-12-26-21-32-31(20-25(26)11-1)37(30-17-9-15-24-10-5-6-16-29(24)30)38-33-22-27-13-3-4-14-28(27)23-34(33)40(39(32)38)41-42-35-18-7-8-19-36(35)43-41/h1-23H,24H2;2*1-23H. The van der Waals surface area contributed by atoms with Crippen molar-refractivity contribution in [1.29, 1.82) is 0 Å². The summed E-state index contributed by atoms with van der Waals surface area (Å²) >= 11 is 1.80. The first-order chi connectivity index (χ1) is 63.9. The van der Waals surface area contributed by atoms with Crippen molar-refractivity contribution in [1.82, 2.24) is 9.97 Å². The van der Waals surface area contributed by atoms with E-state index >= 15 is 0 Å². The Morgan fingerprint density at radius 1 is 0.202 bits per heavy atom.